The molecular weight excluding hydrogens is 267 g/mol. The third kappa shape index (κ3) is 3.45. The summed E-state index contributed by atoms with van der Waals surface area (Å²) in [5, 5.41) is 0. The predicted octanol–water partition coefficient (Wildman–Crippen LogP) is 2.48. The van der Waals surface area contributed by atoms with Gasteiger partial charge in [0, 0.05) is 19.2 Å². The first-order chi connectivity index (χ1) is 8.53. The Kier molecular flexibility index (Phi) is 5.32. The second kappa shape index (κ2) is 6.35. The van der Waals surface area contributed by atoms with E-state index in [-0.39, 0.29) is 30.7 Å². The lowest BCUT2D eigenvalue weighted by Crippen LogP contribution is -2.52. The van der Waals surface area contributed by atoms with E-state index in [1.165, 1.54) is 11.0 Å². The maximum Gasteiger partial charge on any atom is 0.242 e. The quantitative estimate of drug-likeness (QED) is 0.928. The number of hydrogen-bond donors (Lipinski definition) is 1. The molecule has 1 aliphatic rings. The molecule has 0 spiro atoms. The Morgan fingerprint density at radius 2 is 1.95 bits per heavy atom. The molecule has 0 heterocycles. The van der Waals surface area contributed by atoms with Crippen LogP contribution in [0.4, 0.5) is 4.39 Å². The Hall–Kier alpha value is -1.13. The van der Waals surface area contributed by atoms with Gasteiger partial charge in [-0.2, -0.15) is 0 Å². The number of carbonyl (C=O) groups is 1. The van der Waals surface area contributed by atoms with Gasteiger partial charge in [-0.15, -0.1) is 12.4 Å². The summed E-state index contributed by atoms with van der Waals surface area (Å²) >= 11 is 0. The molecule has 0 aromatic heterocycles. The van der Waals surface area contributed by atoms with E-state index in [1.807, 2.05) is 0 Å². The number of rotatable bonds is 3. The van der Waals surface area contributed by atoms with Gasteiger partial charge in [0.25, 0.3) is 0 Å². The molecule has 0 unspecified atom stereocenters. The van der Waals surface area contributed by atoms with Gasteiger partial charge >= 0.3 is 0 Å². The minimum atomic E-state index is -0.736. The highest BCUT2D eigenvalue weighted by Crippen LogP contribution is 2.29. The first kappa shape index (κ1) is 15.9. The Balaban J connectivity index is 0.00000180. The number of likely N-dealkylation sites (N-methyl/N-ethyl adjacent to an activating group) is 1. The minimum absolute atomic E-state index is 0. The van der Waals surface area contributed by atoms with Crippen LogP contribution in [-0.2, 0) is 11.3 Å². The molecule has 0 saturated heterocycles. The Bertz CT molecular complexity index is 447. The fourth-order valence-corrected chi connectivity index (χ4v) is 2.55. The zero-order chi connectivity index (χ0) is 13.2. The fraction of sp³-hybridized carbons (Fsp3) is 0.500. The molecule has 0 bridgehead atoms. The minimum Gasteiger partial charge on any atom is -0.340 e. The van der Waals surface area contributed by atoms with E-state index in [1.54, 1.807) is 25.2 Å². The molecule has 106 valence electrons. The maximum absolute atomic E-state index is 13.5. The summed E-state index contributed by atoms with van der Waals surface area (Å²) in [5.41, 5.74) is 5.90. The lowest BCUT2D eigenvalue weighted by atomic mass is 9.97. The summed E-state index contributed by atoms with van der Waals surface area (Å²) < 4.78 is 13.5. The molecule has 1 fully saturated rings. The maximum atomic E-state index is 13.5. The van der Waals surface area contributed by atoms with Gasteiger partial charge in [-0.25, -0.2) is 4.39 Å². The van der Waals surface area contributed by atoms with Crippen LogP contribution in [0.2, 0.25) is 0 Å². The fourth-order valence-electron chi connectivity index (χ4n) is 2.55. The number of halogens is 2. The summed E-state index contributed by atoms with van der Waals surface area (Å²) in [4.78, 5) is 13.8. The molecule has 0 atom stereocenters. The summed E-state index contributed by atoms with van der Waals surface area (Å²) in [7, 11) is 1.68. The van der Waals surface area contributed by atoms with Crippen molar-refractivity contribution in [1.82, 2.24) is 4.90 Å². The number of amides is 1. The number of benzene rings is 1. The number of nitrogens with zero attached hydrogens (tertiary/aromatic N) is 1. The van der Waals surface area contributed by atoms with Crippen LogP contribution in [0.1, 0.15) is 31.2 Å². The van der Waals surface area contributed by atoms with Gasteiger partial charge in [-0.3, -0.25) is 4.79 Å². The van der Waals surface area contributed by atoms with Gasteiger partial charge in [-0.05, 0) is 18.9 Å². The van der Waals surface area contributed by atoms with Gasteiger partial charge in [-0.1, -0.05) is 31.0 Å². The van der Waals surface area contributed by atoms with Crippen LogP contribution in [0.25, 0.3) is 0 Å². The molecule has 0 aliphatic heterocycles. The molecule has 5 heteroatoms. The van der Waals surface area contributed by atoms with Crippen LogP contribution in [0.3, 0.4) is 0 Å². The zero-order valence-corrected chi connectivity index (χ0v) is 11.9. The highest BCUT2D eigenvalue weighted by atomic mass is 35.5. The van der Waals surface area contributed by atoms with Crippen molar-refractivity contribution in [3.05, 3.63) is 35.6 Å². The molecule has 19 heavy (non-hydrogen) atoms. The van der Waals surface area contributed by atoms with Crippen molar-refractivity contribution in [1.29, 1.82) is 0 Å². The summed E-state index contributed by atoms with van der Waals surface area (Å²) in [5.74, 6) is -0.363. The van der Waals surface area contributed by atoms with Crippen LogP contribution < -0.4 is 5.73 Å². The first-order valence-electron chi connectivity index (χ1n) is 6.31. The summed E-state index contributed by atoms with van der Waals surface area (Å²) in [6.45, 7) is 0.268. The lowest BCUT2D eigenvalue weighted by molar-refractivity contribution is -0.136. The second-order valence-electron chi connectivity index (χ2n) is 5.12. The highest BCUT2D eigenvalue weighted by molar-refractivity contribution is 5.86. The summed E-state index contributed by atoms with van der Waals surface area (Å²) in [6, 6.07) is 6.50. The standard InChI is InChI=1S/C14H19FN2O.ClH/c1-17(10-11-6-2-3-7-12(11)15)13(18)14(16)8-4-5-9-14;/h2-3,6-7H,4-5,8-10,16H2,1H3;1H. The monoisotopic (exact) mass is 286 g/mol. The Morgan fingerprint density at radius 1 is 1.37 bits per heavy atom. The molecule has 1 saturated carbocycles. The molecule has 3 nitrogen and oxygen atoms in total. The smallest absolute Gasteiger partial charge is 0.242 e. The third-order valence-corrected chi connectivity index (χ3v) is 3.63. The van der Waals surface area contributed by atoms with Crippen molar-refractivity contribution in [2.45, 2.75) is 37.8 Å². The predicted molar refractivity (Wildman–Crippen MR) is 75.5 cm³/mol. The van der Waals surface area contributed by atoms with Crippen LogP contribution >= 0.6 is 12.4 Å². The number of nitrogens with two attached hydrogens (primary N) is 1. The van der Waals surface area contributed by atoms with E-state index >= 15 is 0 Å². The molecule has 2 N–H and O–H groups in total. The molecule has 1 aromatic carbocycles. The molecule has 1 amide bonds. The molecular formula is C14H20ClFN2O. The average Bonchev–Trinajstić information content (AvgIpc) is 2.79. The Morgan fingerprint density at radius 3 is 2.53 bits per heavy atom. The van der Waals surface area contributed by atoms with Crippen molar-refractivity contribution >= 4 is 18.3 Å². The Labute approximate surface area is 119 Å². The van der Waals surface area contributed by atoms with Crippen molar-refractivity contribution in [2.24, 2.45) is 5.73 Å². The van der Waals surface area contributed by atoms with Crippen molar-refractivity contribution in [3.8, 4) is 0 Å². The molecule has 0 radical (unpaired) electrons. The lowest BCUT2D eigenvalue weighted by Gasteiger charge is -2.28. The van der Waals surface area contributed by atoms with Crippen LogP contribution in [0.5, 0.6) is 0 Å². The number of hydrogen-bond acceptors (Lipinski definition) is 2. The SMILES string of the molecule is CN(Cc1ccccc1F)C(=O)C1(N)CCCC1.Cl. The molecule has 1 aliphatic carbocycles. The highest BCUT2D eigenvalue weighted by Gasteiger charge is 2.38. The number of carbonyl (C=O) groups excluding carboxylic acids is 1. The topological polar surface area (TPSA) is 46.3 Å². The van der Waals surface area contributed by atoms with Gasteiger partial charge in [0.2, 0.25) is 5.91 Å². The van der Waals surface area contributed by atoms with E-state index in [4.69, 9.17) is 5.73 Å². The van der Waals surface area contributed by atoms with Crippen LogP contribution in [0.15, 0.2) is 24.3 Å². The van der Waals surface area contributed by atoms with Crippen molar-refractivity contribution in [2.75, 3.05) is 7.05 Å². The summed E-state index contributed by atoms with van der Waals surface area (Å²) in [6.07, 6.45) is 3.45. The normalized spacial score (nSPS) is 16.8. The van der Waals surface area contributed by atoms with Gasteiger partial charge in [0.15, 0.2) is 0 Å². The average molecular weight is 287 g/mol. The van der Waals surface area contributed by atoms with Crippen LogP contribution in [-0.4, -0.2) is 23.4 Å². The van der Waals surface area contributed by atoms with E-state index in [0.29, 0.717) is 5.56 Å². The van der Waals surface area contributed by atoms with Crippen LogP contribution in [0, 0.1) is 5.82 Å². The van der Waals surface area contributed by atoms with E-state index in [0.717, 1.165) is 25.7 Å². The van der Waals surface area contributed by atoms with Gasteiger partial charge < -0.3 is 10.6 Å². The van der Waals surface area contributed by atoms with Crippen molar-refractivity contribution < 1.29 is 9.18 Å². The third-order valence-electron chi connectivity index (χ3n) is 3.63. The molecule has 1 aromatic rings. The largest absolute Gasteiger partial charge is 0.340 e. The zero-order valence-electron chi connectivity index (χ0n) is 11.1. The van der Waals surface area contributed by atoms with E-state index in [2.05, 4.69) is 0 Å². The second-order valence-corrected chi connectivity index (χ2v) is 5.12. The van der Waals surface area contributed by atoms with Gasteiger partial charge in [0.05, 0.1) is 5.54 Å². The van der Waals surface area contributed by atoms with Gasteiger partial charge in [0.1, 0.15) is 5.82 Å². The van der Waals surface area contributed by atoms with Crippen molar-refractivity contribution in [3.63, 3.8) is 0 Å². The molecule has 2 rings (SSSR count). The van der Waals surface area contributed by atoms with E-state index < -0.39 is 5.54 Å². The first-order valence-corrected chi connectivity index (χ1v) is 6.31. The van der Waals surface area contributed by atoms with E-state index in [9.17, 15) is 9.18 Å².